The number of alkyl halides is 3. The van der Waals surface area contributed by atoms with Crippen LogP contribution in [0.2, 0.25) is 0 Å². The molecule has 3 aliphatic rings. The molecular formula is C19H24F3NO4. The topological polar surface area (TPSA) is 89.8 Å². The molecule has 2 bridgehead atoms. The first-order valence-corrected chi connectivity index (χ1v) is 9.18. The van der Waals surface area contributed by atoms with E-state index in [1.165, 1.54) is 43.2 Å². The summed E-state index contributed by atoms with van der Waals surface area (Å²) in [7, 11) is 0. The van der Waals surface area contributed by atoms with Gasteiger partial charge in [0, 0.05) is 17.0 Å². The minimum atomic E-state index is -5.08. The first-order chi connectivity index (χ1) is 12.7. The number of aromatic hydroxyl groups is 1. The predicted octanol–water partition coefficient (Wildman–Crippen LogP) is 2.86. The molecule has 4 N–H and O–H groups in total. The molecule has 150 valence electrons. The van der Waals surface area contributed by atoms with Crippen LogP contribution in [0.15, 0.2) is 12.1 Å². The average molecular weight is 387 g/mol. The van der Waals surface area contributed by atoms with Gasteiger partial charge in [0.05, 0.1) is 6.61 Å². The van der Waals surface area contributed by atoms with Gasteiger partial charge in [0.25, 0.3) is 0 Å². The highest BCUT2D eigenvalue weighted by molar-refractivity contribution is 5.73. The molecule has 1 saturated carbocycles. The summed E-state index contributed by atoms with van der Waals surface area (Å²) in [5.74, 6) is -1.74. The molecule has 0 radical (unpaired) electrons. The fourth-order valence-electron chi connectivity index (χ4n) is 5.15. The molecule has 0 amide bonds. The summed E-state index contributed by atoms with van der Waals surface area (Å²) in [5, 5.41) is 30.4. The zero-order valence-corrected chi connectivity index (χ0v) is 14.9. The maximum atomic E-state index is 10.6. The Labute approximate surface area is 155 Å². The van der Waals surface area contributed by atoms with Gasteiger partial charge < -0.3 is 20.6 Å². The number of fused-ring (bicyclic) bond motifs is 1. The minimum absolute atomic E-state index is 0.0758. The van der Waals surface area contributed by atoms with E-state index in [1.54, 1.807) is 0 Å². The third-order valence-electron chi connectivity index (χ3n) is 6.25. The Balaban J connectivity index is 0.000000260. The van der Waals surface area contributed by atoms with Crippen molar-refractivity contribution < 1.29 is 33.3 Å². The second-order valence-electron chi connectivity index (χ2n) is 7.62. The number of benzene rings is 1. The number of aliphatic carboxylic acids is 1. The summed E-state index contributed by atoms with van der Waals surface area (Å²) in [6.07, 6.45) is 2.40. The lowest BCUT2D eigenvalue weighted by Crippen LogP contribution is -2.59. The van der Waals surface area contributed by atoms with Crippen molar-refractivity contribution in [1.82, 2.24) is 5.32 Å². The minimum Gasteiger partial charge on any atom is -0.508 e. The molecule has 5 nitrogen and oxygen atoms in total. The van der Waals surface area contributed by atoms with Gasteiger partial charge in [-0.3, -0.25) is 0 Å². The number of hydrogen-bond acceptors (Lipinski definition) is 4. The van der Waals surface area contributed by atoms with Crippen LogP contribution < -0.4 is 5.32 Å². The van der Waals surface area contributed by atoms with E-state index in [9.17, 15) is 23.4 Å². The number of carbonyl (C=O) groups is 1. The molecule has 1 saturated heterocycles. The van der Waals surface area contributed by atoms with Crippen LogP contribution in [0.1, 0.15) is 48.8 Å². The molecule has 0 aromatic heterocycles. The number of phenols is 1. The Morgan fingerprint density at radius 1 is 1.26 bits per heavy atom. The van der Waals surface area contributed by atoms with E-state index in [4.69, 9.17) is 9.90 Å². The smallest absolute Gasteiger partial charge is 0.490 e. The third kappa shape index (κ3) is 3.65. The van der Waals surface area contributed by atoms with Crippen molar-refractivity contribution >= 4 is 5.97 Å². The predicted molar refractivity (Wildman–Crippen MR) is 91.5 cm³/mol. The molecular weight excluding hydrogens is 363 g/mol. The average Bonchev–Trinajstić information content (AvgIpc) is 2.62. The Hall–Kier alpha value is -1.80. The standard InChI is InChI=1S/C17H23NO2.C2HF3O2/c19-10-12-7-11-8-15-13-3-1-2-4-17(13,5-6-18-15)14(11)9-16(12)20;3-2(4,5)1(6)7/h7,9,13,15,18-20H,1-6,8,10H2;(H,6,7)/t13-,15+,17+;/m1./s1. The number of aliphatic hydroxyl groups excluding tert-OH is 1. The lowest BCUT2D eigenvalue weighted by Gasteiger charge is -2.56. The van der Waals surface area contributed by atoms with Crippen molar-refractivity contribution in [3.8, 4) is 5.75 Å². The van der Waals surface area contributed by atoms with Crippen molar-refractivity contribution in [2.45, 2.75) is 62.8 Å². The number of rotatable bonds is 1. The molecule has 8 heteroatoms. The van der Waals surface area contributed by atoms with Crippen LogP contribution in [0.4, 0.5) is 13.2 Å². The SMILES string of the molecule is O=C(O)C(F)(F)F.OCc1cc2c(cc1O)[C@]13CCCC[C@@H]1[C@H](C2)NCC3. The van der Waals surface area contributed by atoms with Crippen LogP contribution in [-0.2, 0) is 23.2 Å². The summed E-state index contributed by atoms with van der Waals surface area (Å²) in [6, 6.07) is 4.60. The molecule has 27 heavy (non-hydrogen) atoms. The molecule has 1 aromatic rings. The lowest BCUT2D eigenvalue weighted by molar-refractivity contribution is -0.192. The molecule has 0 unspecified atom stereocenters. The van der Waals surface area contributed by atoms with Crippen molar-refractivity contribution in [1.29, 1.82) is 0 Å². The summed E-state index contributed by atoms with van der Waals surface area (Å²) >= 11 is 0. The van der Waals surface area contributed by atoms with E-state index in [-0.39, 0.29) is 17.8 Å². The maximum Gasteiger partial charge on any atom is 0.490 e. The highest BCUT2D eigenvalue weighted by atomic mass is 19.4. The number of halogens is 3. The van der Waals surface area contributed by atoms with E-state index in [1.807, 2.05) is 12.1 Å². The van der Waals surface area contributed by atoms with Gasteiger partial charge in [-0.1, -0.05) is 12.8 Å². The van der Waals surface area contributed by atoms with Crippen LogP contribution in [0.3, 0.4) is 0 Å². The van der Waals surface area contributed by atoms with Crippen molar-refractivity contribution in [3.05, 3.63) is 28.8 Å². The van der Waals surface area contributed by atoms with Crippen LogP contribution >= 0.6 is 0 Å². The maximum absolute atomic E-state index is 10.6. The van der Waals surface area contributed by atoms with E-state index in [2.05, 4.69) is 5.32 Å². The van der Waals surface area contributed by atoms with E-state index in [0.29, 0.717) is 11.6 Å². The zero-order chi connectivity index (χ0) is 19.8. The number of aliphatic hydroxyl groups is 1. The fraction of sp³-hybridized carbons (Fsp3) is 0.632. The lowest BCUT2D eigenvalue weighted by atomic mass is 9.52. The van der Waals surface area contributed by atoms with Gasteiger partial charge in [-0.2, -0.15) is 13.2 Å². The summed E-state index contributed by atoms with van der Waals surface area (Å²) in [4.78, 5) is 8.90. The fourth-order valence-corrected chi connectivity index (χ4v) is 5.15. The van der Waals surface area contributed by atoms with Gasteiger partial charge in [-0.05, 0) is 61.4 Å². The Morgan fingerprint density at radius 2 is 1.96 bits per heavy atom. The van der Waals surface area contributed by atoms with Gasteiger partial charge >= 0.3 is 12.1 Å². The highest BCUT2D eigenvalue weighted by Crippen LogP contribution is 2.54. The molecule has 2 fully saturated rings. The van der Waals surface area contributed by atoms with Crippen LogP contribution in [0, 0.1) is 5.92 Å². The number of nitrogens with one attached hydrogen (secondary N) is 1. The zero-order valence-electron chi connectivity index (χ0n) is 14.9. The van der Waals surface area contributed by atoms with Crippen LogP contribution in [0.5, 0.6) is 5.75 Å². The monoisotopic (exact) mass is 387 g/mol. The van der Waals surface area contributed by atoms with Crippen LogP contribution in [0.25, 0.3) is 0 Å². The van der Waals surface area contributed by atoms with Gasteiger partial charge in [-0.15, -0.1) is 0 Å². The summed E-state index contributed by atoms with van der Waals surface area (Å²) < 4.78 is 31.7. The molecule has 1 heterocycles. The molecule has 2 aliphatic carbocycles. The Kier molecular flexibility index (Phi) is 5.40. The molecule has 0 spiro atoms. The van der Waals surface area contributed by atoms with Crippen molar-refractivity contribution in [2.75, 3.05) is 6.54 Å². The third-order valence-corrected chi connectivity index (χ3v) is 6.25. The largest absolute Gasteiger partial charge is 0.508 e. The number of carboxylic acids is 1. The summed E-state index contributed by atoms with van der Waals surface area (Å²) in [6.45, 7) is 1.02. The second-order valence-corrected chi connectivity index (χ2v) is 7.62. The van der Waals surface area contributed by atoms with E-state index < -0.39 is 12.1 Å². The van der Waals surface area contributed by atoms with Gasteiger partial charge in [0.15, 0.2) is 0 Å². The molecule has 4 rings (SSSR count). The van der Waals surface area contributed by atoms with Gasteiger partial charge in [-0.25, -0.2) is 4.79 Å². The Morgan fingerprint density at radius 3 is 2.59 bits per heavy atom. The van der Waals surface area contributed by atoms with Crippen molar-refractivity contribution in [2.24, 2.45) is 5.92 Å². The summed E-state index contributed by atoms with van der Waals surface area (Å²) in [5.41, 5.74) is 3.69. The van der Waals surface area contributed by atoms with Crippen LogP contribution in [-0.4, -0.2) is 40.1 Å². The first kappa shape index (κ1) is 19.9. The highest BCUT2D eigenvalue weighted by Gasteiger charge is 2.51. The molecule has 3 atom stereocenters. The number of piperidine rings is 1. The molecule has 1 aliphatic heterocycles. The van der Waals surface area contributed by atoms with Gasteiger partial charge in [0.1, 0.15) is 5.75 Å². The first-order valence-electron chi connectivity index (χ1n) is 9.18. The second kappa shape index (κ2) is 7.31. The number of carboxylic acid groups (broad SMARTS) is 1. The quantitative estimate of drug-likeness (QED) is 0.595. The van der Waals surface area contributed by atoms with Crippen molar-refractivity contribution in [3.63, 3.8) is 0 Å². The molecule has 1 aromatic carbocycles. The van der Waals surface area contributed by atoms with E-state index in [0.717, 1.165) is 18.9 Å². The van der Waals surface area contributed by atoms with E-state index >= 15 is 0 Å². The number of hydrogen-bond donors (Lipinski definition) is 4. The Bertz CT molecular complexity index is 718. The normalized spacial score (nSPS) is 29.0. The van der Waals surface area contributed by atoms with Gasteiger partial charge in [0.2, 0.25) is 0 Å².